The molecular formula is C14H21ClN2O2S. The molecule has 0 amide bonds. The van der Waals surface area contributed by atoms with Crippen LogP contribution in [-0.2, 0) is 16.0 Å². The van der Waals surface area contributed by atoms with Crippen molar-refractivity contribution < 1.29 is 9.47 Å². The summed E-state index contributed by atoms with van der Waals surface area (Å²) < 4.78 is 10.2. The normalized spacial score (nSPS) is 11.0. The molecular weight excluding hydrogens is 296 g/mol. The highest BCUT2D eigenvalue weighted by atomic mass is 35.5. The van der Waals surface area contributed by atoms with Crippen LogP contribution in [0.3, 0.4) is 0 Å². The third-order valence-electron chi connectivity index (χ3n) is 2.95. The van der Waals surface area contributed by atoms with Crippen LogP contribution in [0.25, 0.3) is 0 Å². The summed E-state index contributed by atoms with van der Waals surface area (Å²) in [6.45, 7) is 3.74. The molecule has 1 aromatic carbocycles. The Labute approximate surface area is 130 Å². The molecule has 0 aliphatic rings. The molecule has 0 aromatic heterocycles. The molecule has 0 spiro atoms. The number of rotatable bonds is 9. The molecule has 1 aromatic rings. The lowest BCUT2D eigenvalue weighted by molar-refractivity contribution is 0.110. The Morgan fingerprint density at radius 3 is 2.30 bits per heavy atom. The Morgan fingerprint density at radius 2 is 1.85 bits per heavy atom. The van der Waals surface area contributed by atoms with Crippen molar-refractivity contribution in [1.82, 2.24) is 4.90 Å². The third-order valence-corrected chi connectivity index (χ3v) is 3.54. The predicted molar refractivity (Wildman–Crippen MR) is 86.4 cm³/mol. The average molecular weight is 317 g/mol. The first-order valence-corrected chi connectivity index (χ1v) is 7.15. The maximum atomic E-state index is 6.28. The maximum Gasteiger partial charge on any atom is 0.104 e. The highest BCUT2D eigenvalue weighted by Crippen LogP contribution is 2.19. The Kier molecular flexibility index (Phi) is 8.02. The van der Waals surface area contributed by atoms with Gasteiger partial charge in [0.2, 0.25) is 0 Å². The highest BCUT2D eigenvalue weighted by Gasteiger charge is 2.09. The Balaban J connectivity index is 2.73. The van der Waals surface area contributed by atoms with Gasteiger partial charge in [0.25, 0.3) is 0 Å². The number of hydrogen-bond donors (Lipinski definition) is 1. The largest absolute Gasteiger partial charge is 0.389 e. The third kappa shape index (κ3) is 5.73. The molecule has 6 heteroatoms. The molecule has 2 N–H and O–H groups in total. The van der Waals surface area contributed by atoms with Gasteiger partial charge in [-0.25, -0.2) is 0 Å². The van der Waals surface area contributed by atoms with Crippen LogP contribution in [0.5, 0.6) is 0 Å². The zero-order valence-corrected chi connectivity index (χ0v) is 13.5. The van der Waals surface area contributed by atoms with Crippen molar-refractivity contribution >= 4 is 28.8 Å². The van der Waals surface area contributed by atoms with E-state index in [0.29, 0.717) is 23.2 Å². The molecule has 1 rings (SSSR count). The highest BCUT2D eigenvalue weighted by molar-refractivity contribution is 7.80. The van der Waals surface area contributed by atoms with Crippen molar-refractivity contribution in [3.63, 3.8) is 0 Å². The van der Waals surface area contributed by atoms with Gasteiger partial charge in [-0.1, -0.05) is 36.0 Å². The topological polar surface area (TPSA) is 47.7 Å². The molecule has 0 fully saturated rings. The second-order valence-electron chi connectivity index (χ2n) is 4.43. The first-order valence-electron chi connectivity index (χ1n) is 6.37. The number of halogens is 1. The Hall–Kier alpha value is -0.720. The smallest absolute Gasteiger partial charge is 0.104 e. The van der Waals surface area contributed by atoms with Gasteiger partial charge in [0, 0.05) is 44.4 Å². The lowest BCUT2D eigenvalue weighted by atomic mass is 10.1. The van der Waals surface area contributed by atoms with Gasteiger partial charge in [-0.05, 0) is 11.6 Å². The second kappa shape index (κ2) is 9.26. The first kappa shape index (κ1) is 17.3. The van der Waals surface area contributed by atoms with Crippen LogP contribution in [0.15, 0.2) is 18.2 Å². The minimum Gasteiger partial charge on any atom is -0.389 e. The van der Waals surface area contributed by atoms with E-state index in [2.05, 4.69) is 4.90 Å². The monoisotopic (exact) mass is 316 g/mol. The van der Waals surface area contributed by atoms with Crippen molar-refractivity contribution in [3.05, 3.63) is 34.3 Å². The molecule has 112 valence electrons. The van der Waals surface area contributed by atoms with Gasteiger partial charge in [0.05, 0.1) is 13.2 Å². The van der Waals surface area contributed by atoms with Crippen LogP contribution in [-0.4, -0.2) is 50.4 Å². The summed E-state index contributed by atoms with van der Waals surface area (Å²) in [6.07, 6.45) is 0. The summed E-state index contributed by atoms with van der Waals surface area (Å²) in [5.41, 5.74) is 7.42. The maximum absolute atomic E-state index is 6.28. The van der Waals surface area contributed by atoms with Gasteiger partial charge < -0.3 is 15.2 Å². The second-order valence-corrected chi connectivity index (χ2v) is 5.28. The number of benzene rings is 1. The zero-order chi connectivity index (χ0) is 15.0. The number of methoxy groups -OCH3 is 2. The Morgan fingerprint density at radius 1 is 1.25 bits per heavy atom. The van der Waals surface area contributed by atoms with Crippen LogP contribution in [0.4, 0.5) is 0 Å². The van der Waals surface area contributed by atoms with Crippen LogP contribution < -0.4 is 5.73 Å². The quantitative estimate of drug-likeness (QED) is 0.707. The lowest BCUT2D eigenvalue weighted by Crippen LogP contribution is -2.30. The van der Waals surface area contributed by atoms with Crippen LogP contribution in [0.2, 0.25) is 5.02 Å². The molecule has 0 saturated carbocycles. The molecule has 4 nitrogen and oxygen atoms in total. The van der Waals surface area contributed by atoms with Gasteiger partial charge in [-0.2, -0.15) is 0 Å². The van der Waals surface area contributed by atoms with Gasteiger partial charge in [-0.15, -0.1) is 0 Å². The van der Waals surface area contributed by atoms with E-state index in [1.807, 2.05) is 18.2 Å². The summed E-state index contributed by atoms with van der Waals surface area (Å²) >= 11 is 11.2. The van der Waals surface area contributed by atoms with E-state index in [0.717, 1.165) is 30.8 Å². The molecule has 0 heterocycles. The van der Waals surface area contributed by atoms with Crippen molar-refractivity contribution in [2.24, 2.45) is 5.73 Å². The van der Waals surface area contributed by atoms with E-state index in [-0.39, 0.29) is 0 Å². The minimum absolute atomic E-state index is 0.356. The summed E-state index contributed by atoms with van der Waals surface area (Å²) in [4.78, 5) is 2.59. The molecule has 0 bridgehead atoms. The fourth-order valence-electron chi connectivity index (χ4n) is 1.78. The van der Waals surface area contributed by atoms with Crippen LogP contribution in [0.1, 0.15) is 11.1 Å². The summed E-state index contributed by atoms with van der Waals surface area (Å²) in [5.74, 6) is 0. The fourth-order valence-corrected chi connectivity index (χ4v) is 2.15. The fraction of sp³-hybridized carbons (Fsp3) is 0.500. The lowest BCUT2D eigenvalue weighted by Gasteiger charge is -2.22. The summed E-state index contributed by atoms with van der Waals surface area (Å²) in [6, 6.07) is 5.67. The molecule has 0 radical (unpaired) electrons. The summed E-state index contributed by atoms with van der Waals surface area (Å²) in [7, 11) is 3.39. The van der Waals surface area contributed by atoms with E-state index in [4.69, 9.17) is 39.0 Å². The Bertz CT molecular complexity index is 435. The number of thiocarbonyl (C=S) groups is 1. The minimum atomic E-state index is 0.356. The van der Waals surface area contributed by atoms with Crippen molar-refractivity contribution in [2.45, 2.75) is 6.54 Å². The van der Waals surface area contributed by atoms with Gasteiger partial charge in [0.1, 0.15) is 4.99 Å². The van der Waals surface area contributed by atoms with Crippen molar-refractivity contribution in [2.75, 3.05) is 40.5 Å². The molecule has 0 aliphatic carbocycles. The van der Waals surface area contributed by atoms with E-state index in [1.165, 1.54) is 0 Å². The first-order chi connectivity index (χ1) is 9.58. The van der Waals surface area contributed by atoms with Gasteiger partial charge >= 0.3 is 0 Å². The molecule has 0 saturated heterocycles. The van der Waals surface area contributed by atoms with E-state index >= 15 is 0 Å². The standard InChI is InChI=1S/C14H21ClN2O2S/c1-18-7-5-17(6-8-19-2)10-12-4-3-11(14(16)20)9-13(12)15/h3-4,9H,5-8,10H2,1-2H3,(H2,16,20). The molecule has 0 aliphatic heterocycles. The van der Waals surface area contributed by atoms with Crippen molar-refractivity contribution in [1.29, 1.82) is 0 Å². The van der Waals surface area contributed by atoms with Gasteiger partial charge in [0.15, 0.2) is 0 Å². The number of nitrogens with two attached hydrogens (primary N) is 1. The van der Waals surface area contributed by atoms with Crippen LogP contribution >= 0.6 is 23.8 Å². The average Bonchev–Trinajstić information content (AvgIpc) is 2.43. The van der Waals surface area contributed by atoms with Crippen LogP contribution in [0, 0.1) is 0 Å². The van der Waals surface area contributed by atoms with E-state index < -0.39 is 0 Å². The van der Waals surface area contributed by atoms with Crippen molar-refractivity contribution in [3.8, 4) is 0 Å². The predicted octanol–water partition coefficient (Wildman–Crippen LogP) is 2.07. The van der Waals surface area contributed by atoms with E-state index in [9.17, 15) is 0 Å². The zero-order valence-electron chi connectivity index (χ0n) is 11.9. The number of hydrogen-bond acceptors (Lipinski definition) is 4. The SMILES string of the molecule is COCCN(CCOC)Cc1ccc(C(N)=S)cc1Cl. The summed E-state index contributed by atoms with van der Waals surface area (Å²) in [5, 5.41) is 0.676. The van der Waals surface area contributed by atoms with E-state index in [1.54, 1.807) is 14.2 Å². The van der Waals surface area contributed by atoms with Gasteiger partial charge in [-0.3, -0.25) is 4.90 Å². The molecule has 0 unspecified atom stereocenters. The number of nitrogens with zero attached hydrogens (tertiary/aromatic N) is 1. The number of ether oxygens (including phenoxy) is 2. The molecule has 0 atom stereocenters. The molecule has 20 heavy (non-hydrogen) atoms.